The molecule has 0 unspecified atom stereocenters. The Bertz CT molecular complexity index is 1170. The van der Waals surface area contributed by atoms with Crippen molar-refractivity contribution in [2.24, 2.45) is 0 Å². The van der Waals surface area contributed by atoms with Gasteiger partial charge in [0.1, 0.15) is 11.3 Å². The van der Waals surface area contributed by atoms with Gasteiger partial charge in [0.05, 0.1) is 24.1 Å². The molecule has 0 saturated heterocycles. The molecule has 0 atom stereocenters. The van der Waals surface area contributed by atoms with Crippen molar-refractivity contribution in [3.63, 3.8) is 0 Å². The Hall–Kier alpha value is -3.84. The maximum atomic E-state index is 10.3. The van der Waals surface area contributed by atoms with Crippen molar-refractivity contribution >= 4 is 16.9 Å². The molecule has 0 aliphatic carbocycles. The number of para-hydroxylation sites is 2. The lowest BCUT2D eigenvalue weighted by atomic mass is 10.2. The number of aromatic nitrogens is 2. The topological polar surface area (TPSA) is 87.8 Å². The third kappa shape index (κ3) is 6.82. The molecule has 7 nitrogen and oxygen atoms in total. The van der Waals surface area contributed by atoms with Gasteiger partial charge in [0.2, 0.25) is 5.88 Å². The minimum atomic E-state index is -1.11. The number of rotatable bonds is 8. The van der Waals surface area contributed by atoms with E-state index in [-0.39, 0.29) is 11.3 Å². The fourth-order valence-corrected chi connectivity index (χ4v) is 3.28. The van der Waals surface area contributed by atoms with Crippen LogP contribution >= 0.6 is 0 Å². The molecule has 172 valence electrons. The van der Waals surface area contributed by atoms with E-state index >= 15 is 0 Å². The number of hydrogen-bond donors (Lipinski definition) is 2. The number of aromatic carboxylic acids is 1. The van der Waals surface area contributed by atoms with Crippen LogP contribution in [0.25, 0.3) is 10.9 Å². The average molecular weight is 448 g/mol. The van der Waals surface area contributed by atoms with E-state index in [2.05, 4.69) is 60.5 Å². The van der Waals surface area contributed by atoms with Crippen LogP contribution in [0.1, 0.15) is 22.3 Å². The lowest BCUT2D eigenvalue weighted by Crippen LogP contribution is -2.15. The van der Waals surface area contributed by atoms with E-state index in [9.17, 15) is 4.79 Å². The molecule has 0 fully saturated rings. The molecular weight excluding hydrogens is 418 g/mol. The maximum absolute atomic E-state index is 10.3. The summed E-state index contributed by atoms with van der Waals surface area (Å²) >= 11 is 0. The predicted octanol–water partition coefficient (Wildman–Crippen LogP) is 4.51. The van der Waals surface area contributed by atoms with E-state index in [1.807, 2.05) is 22.9 Å². The first-order chi connectivity index (χ1) is 16.0. The number of carboxylic acid groups (broad SMARTS) is 1. The highest BCUT2D eigenvalue weighted by molar-refractivity contribution is 5.90. The van der Waals surface area contributed by atoms with Gasteiger partial charge in [0.15, 0.2) is 0 Å². The fraction of sp³-hybridized carbons (Fsp3) is 0.231. The zero-order valence-corrected chi connectivity index (χ0v) is 18.9. The number of hydrogen-bond acceptors (Lipinski definition) is 5. The van der Waals surface area contributed by atoms with Gasteiger partial charge < -0.3 is 19.8 Å². The minimum absolute atomic E-state index is 0.0671. The van der Waals surface area contributed by atoms with Crippen LogP contribution in [0.15, 0.2) is 78.9 Å². The third-order valence-electron chi connectivity index (χ3n) is 4.92. The number of fused-ring (bicyclic) bond motifs is 1. The molecule has 33 heavy (non-hydrogen) atoms. The molecule has 0 aliphatic rings. The van der Waals surface area contributed by atoms with Gasteiger partial charge in [-0.3, -0.25) is 4.68 Å². The molecule has 7 heteroatoms. The van der Waals surface area contributed by atoms with Gasteiger partial charge in [-0.2, -0.15) is 0 Å². The van der Waals surface area contributed by atoms with E-state index in [1.165, 1.54) is 17.7 Å². The molecule has 0 amide bonds. The van der Waals surface area contributed by atoms with E-state index in [1.54, 1.807) is 12.1 Å². The van der Waals surface area contributed by atoms with Crippen LogP contribution in [0, 0.1) is 0 Å². The van der Waals surface area contributed by atoms with Crippen molar-refractivity contribution in [1.29, 1.82) is 0 Å². The first-order valence-electron chi connectivity index (χ1n) is 10.7. The summed E-state index contributed by atoms with van der Waals surface area (Å²) in [6.45, 7) is 2.45. The summed E-state index contributed by atoms with van der Waals surface area (Å²) in [5.41, 5.74) is 2.28. The van der Waals surface area contributed by atoms with Crippen molar-refractivity contribution < 1.29 is 19.7 Å². The monoisotopic (exact) mass is 447 g/mol. The van der Waals surface area contributed by atoms with E-state index in [0.717, 1.165) is 36.3 Å². The molecule has 0 saturated carbocycles. The lowest BCUT2D eigenvalue weighted by Gasteiger charge is -2.09. The summed E-state index contributed by atoms with van der Waals surface area (Å²) in [4.78, 5) is 12.4. The van der Waals surface area contributed by atoms with Crippen LogP contribution < -0.4 is 4.74 Å². The summed E-state index contributed by atoms with van der Waals surface area (Å²) in [5, 5.41) is 23.1. The number of carboxylic acids is 1. The Morgan fingerprint density at radius 2 is 1.64 bits per heavy atom. The van der Waals surface area contributed by atoms with E-state index in [4.69, 9.17) is 14.9 Å². The lowest BCUT2D eigenvalue weighted by molar-refractivity contribution is 0.0693. The van der Waals surface area contributed by atoms with Crippen LogP contribution in [-0.2, 0) is 6.54 Å². The smallest absolute Gasteiger partial charge is 0.339 e. The number of phenols is 1. The molecule has 4 rings (SSSR count). The molecule has 2 N–H and O–H groups in total. The van der Waals surface area contributed by atoms with Gasteiger partial charge in [-0.05, 0) is 50.3 Å². The second kappa shape index (κ2) is 11.7. The van der Waals surface area contributed by atoms with Crippen LogP contribution in [0.4, 0.5) is 0 Å². The van der Waals surface area contributed by atoms with Crippen LogP contribution in [-0.4, -0.2) is 58.1 Å². The Kier molecular flexibility index (Phi) is 8.43. The van der Waals surface area contributed by atoms with Crippen LogP contribution in [0.2, 0.25) is 0 Å². The number of ether oxygens (including phenoxy) is 1. The third-order valence-corrected chi connectivity index (χ3v) is 4.92. The SMILES string of the molecule is CN(C)CCCOc1nn(Cc2ccccc2)c2ccccc12.O=C(O)c1ccccc1O. The average Bonchev–Trinajstić information content (AvgIpc) is 3.15. The van der Waals surface area contributed by atoms with Crippen molar-refractivity contribution in [2.75, 3.05) is 27.2 Å². The van der Waals surface area contributed by atoms with Gasteiger partial charge >= 0.3 is 5.97 Å². The maximum Gasteiger partial charge on any atom is 0.339 e. The molecule has 3 aromatic carbocycles. The van der Waals surface area contributed by atoms with E-state index in [0.29, 0.717) is 6.61 Å². The zero-order valence-electron chi connectivity index (χ0n) is 18.9. The number of aromatic hydroxyl groups is 1. The summed E-state index contributed by atoms with van der Waals surface area (Å²) in [6, 6.07) is 24.4. The Morgan fingerprint density at radius 3 is 2.30 bits per heavy atom. The van der Waals surface area contributed by atoms with Gasteiger partial charge in [-0.25, -0.2) is 4.79 Å². The second-order valence-corrected chi connectivity index (χ2v) is 7.79. The van der Waals surface area contributed by atoms with Crippen LogP contribution in [0.3, 0.4) is 0 Å². The highest BCUT2D eigenvalue weighted by Crippen LogP contribution is 2.25. The largest absolute Gasteiger partial charge is 0.507 e. The highest BCUT2D eigenvalue weighted by atomic mass is 16.5. The fourth-order valence-electron chi connectivity index (χ4n) is 3.28. The van der Waals surface area contributed by atoms with Gasteiger partial charge in [0, 0.05) is 6.54 Å². The Labute approximate surface area is 193 Å². The first kappa shape index (κ1) is 23.8. The summed E-state index contributed by atoms with van der Waals surface area (Å²) in [7, 11) is 4.15. The normalized spacial score (nSPS) is 10.6. The molecule has 4 aromatic rings. The Balaban J connectivity index is 0.000000257. The van der Waals surface area contributed by atoms with Crippen molar-refractivity contribution in [1.82, 2.24) is 14.7 Å². The summed E-state index contributed by atoms with van der Waals surface area (Å²) in [5.74, 6) is -0.580. The molecule has 1 heterocycles. The molecule has 0 aliphatic heterocycles. The van der Waals surface area contributed by atoms with Crippen molar-refractivity contribution in [2.45, 2.75) is 13.0 Å². The van der Waals surface area contributed by atoms with Crippen LogP contribution in [0.5, 0.6) is 11.6 Å². The van der Waals surface area contributed by atoms with Crippen molar-refractivity contribution in [3.8, 4) is 11.6 Å². The number of carbonyl (C=O) groups is 1. The van der Waals surface area contributed by atoms with Gasteiger partial charge in [0.25, 0.3) is 0 Å². The first-order valence-corrected chi connectivity index (χ1v) is 10.7. The molecule has 1 aromatic heterocycles. The number of benzene rings is 3. The number of nitrogens with zero attached hydrogens (tertiary/aromatic N) is 3. The van der Waals surface area contributed by atoms with E-state index < -0.39 is 5.97 Å². The zero-order chi connectivity index (χ0) is 23.6. The summed E-state index contributed by atoms with van der Waals surface area (Å²) < 4.78 is 7.95. The molecule has 0 bridgehead atoms. The van der Waals surface area contributed by atoms with Crippen molar-refractivity contribution in [3.05, 3.63) is 90.0 Å². The second-order valence-electron chi connectivity index (χ2n) is 7.79. The standard InChI is InChI=1S/C19H23N3O.C7H6O3/c1-21(2)13-8-14-23-19-17-11-6-7-12-18(17)22(20-19)15-16-9-4-3-5-10-16;8-6-4-2-1-3-5(6)7(9)10/h3-7,9-12H,8,13-15H2,1-2H3;1-4,8H,(H,9,10). The predicted molar refractivity (Wildman–Crippen MR) is 129 cm³/mol. The molecule has 0 radical (unpaired) electrons. The van der Waals surface area contributed by atoms with Gasteiger partial charge in [-0.1, -0.05) is 54.6 Å². The van der Waals surface area contributed by atoms with Gasteiger partial charge in [-0.15, -0.1) is 5.10 Å². The summed E-state index contributed by atoms with van der Waals surface area (Å²) in [6.07, 6.45) is 0.993. The highest BCUT2D eigenvalue weighted by Gasteiger charge is 2.11. The molecular formula is C26H29N3O4. The quantitative estimate of drug-likeness (QED) is 0.387. The molecule has 0 spiro atoms. The Morgan fingerprint density at radius 1 is 0.970 bits per heavy atom. The minimum Gasteiger partial charge on any atom is -0.507 e.